The molecule has 0 bridgehead atoms. The van der Waals surface area contributed by atoms with Gasteiger partial charge in [-0.15, -0.1) is 0 Å². The first-order chi connectivity index (χ1) is 8.80. The first-order valence-corrected chi connectivity index (χ1v) is 7.17. The maximum Gasteiger partial charge on any atom is 0.102 e. The van der Waals surface area contributed by atoms with Gasteiger partial charge in [0.15, 0.2) is 0 Å². The maximum atomic E-state index is 10.1. The van der Waals surface area contributed by atoms with Crippen LogP contribution in [0, 0.1) is 5.92 Å². The van der Waals surface area contributed by atoms with Crippen molar-refractivity contribution in [2.24, 2.45) is 5.92 Å². The van der Waals surface area contributed by atoms with Crippen LogP contribution in [-0.4, -0.2) is 18.3 Å². The van der Waals surface area contributed by atoms with E-state index < -0.39 is 6.10 Å². The average molecular weight is 264 g/mol. The van der Waals surface area contributed by atoms with Crippen LogP contribution in [0.2, 0.25) is 0 Å². The van der Waals surface area contributed by atoms with Gasteiger partial charge in [-0.3, -0.25) is 0 Å². The van der Waals surface area contributed by atoms with Crippen LogP contribution in [0.3, 0.4) is 0 Å². The summed E-state index contributed by atoms with van der Waals surface area (Å²) in [5.74, 6) is 0.642. The third-order valence-corrected chi connectivity index (χ3v) is 3.28. The Morgan fingerprint density at radius 2 is 1.68 bits per heavy atom. The molecule has 0 saturated carbocycles. The highest BCUT2D eigenvalue weighted by molar-refractivity contribution is 5.28. The van der Waals surface area contributed by atoms with E-state index >= 15 is 0 Å². The fraction of sp³-hybridized carbons (Fsp3) is 0.647. The van der Waals surface area contributed by atoms with Crippen molar-refractivity contribution >= 4 is 0 Å². The molecule has 0 aliphatic carbocycles. The molecule has 1 aromatic rings. The summed E-state index contributed by atoms with van der Waals surface area (Å²) in [5, 5.41) is 10.1. The summed E-state index contributed by atoms with van der Waals surface area (Å²) < 4.78 is 5.51. The number of ether oxygens (including phenoxy) is 1. The maximum absolute atomic E-state index is 10.1. The Labute approximate surface area is 117 Å². The smallest absolute Gasteiger partial charge is 0.102 e. The van der Waals surface area contributed by atoms with E-state index in [9.17, 15) is 5.11 Å². The topological polar surface area (TPSA) is 29.5 Å². The highest BCUT2D eigenvalue weighted by Gasteiger charge is 2.14. The molecule has 1 aromatic carbocycles. The van der Waals surface area contributed by atoms with Crippen LogP contribution in [-0.2, 0) is 10.2 Å². The monoisotopic (exact) mass is 264 g/mol. The molecule has 108 valence electrons. The van der Waals surface area contributed by atoms with Gasteiger partial charge >= 0.3 is 0 Å². The predicted octanol–water partition coefficient (Wildman–Crippen LogP) is 4.08. The van der Waals surface area contributed by atoms with Gasteiger partial charge in [-0.2, -0.15) is 0 Å². The van der Waals surface area contributed by atoms with Gasteiger partial charge < -0.3 is 9.84 Å². The Bertz CT molecular complexity index is 360. The van der Waals surface area contributed by atoms with Crippen LogP contribution in [0.15, 0.2) is 24.3 Å². The summed E-state index contributed by atoms with van der Waals surface area (Å²) in [6.07, 6.45) is 0.511. The molecule has 1 unspecified atom stereocenters. The van der Waals surface area contributed by atoms with Gasteiger partial charge in [0.05, 0.1) is 6.61 Å². The lowest BCUT2D eigenvalue weighted by Crippen LogP contribution is -2.12. The molecule has 2 heteroatoms. The Kier molecular flexibility index (Phi) is 6.02. The van der Waals surface area contributed by atoms with Crippen LogP contribution in [0.4, 0.5) is 0 Å². The number of aliphatic hydroxyl groups excluding tert-OH is 1. The number of aliphatic hydroxyl groups is 1. The van der Waals surface area contributed by atoms with E-state index in [1.807, 2.05) is 12.1 Å². The first-order valence-electron chi connectivity index (χ1n) is 7.17. The third kappa shape index (κ3) is 5.75. The van der Waals surface area contributed by atoms with Crippen molar-refractivity contribution in [2.45, 2.75) is 52.6 Å². The molecular formula is C17H28O2. The van der Waals surface area contributed by atoms with E-state index in [0.717, 1.165) is 18.6 Å². The summed E-state index contributed by atoms with van der Waals surface area (Å²) in [5.41, 5.74) is 2.36. The fourth-order valence-electron chi connectivity index (χ4n) is 1.82. The van der Waals surface area contributed by atoms with Gasteiger partial charge in [0.2, 0.25) is 0 Å². The molecule has 0 heterocycles. The molecule has 0 radical (unpaired) electrons. The van der Waals surface area contributed by atoms with Gasteiger partial charge in [-0.25, -0.2) is 0 Å². The van der Waals surface area contributed by atoms with Crippen LogP contribution in [0.25, 0.3) is 0 Å². The van der Waals surface area contributed by atoms with Crippen molar-refractivity contribution < 1.29 is 9.84 Å². The number of benzene rings is 1. The zero-order valence-corrected chi connectivity index (χ0v) is 12.9. The van der Waals surface area contributed by atoms with E-state index in [0.29, 0.717) is 12.5 Å². The lowest BCUT2D eigenvalue weighted by atomic mass is 9.86. The second kappa shape index (κ2) is 7.06. The van der Waals surface area contributed by atoms with Crippen molar-refractivity contribution in [3.63, 3.8) is 0 Å². The molecule has 1 N–H and O–H groups in total. The average Bonchev–Trinajstić information content (AvgIpc) is 2.33. The second-order valence-electron chi connectivity index (χ2n) is 6.65. The number of hydrogen-bond donors (Lipinski definition) is 1. The minimum absolute atomic E-state index is 0.150. The van der Waals surface area contributed by atoms with E-state index in [-0.39, 0.29) is 5.41 Å². The van der Waals surface area contributed by atoms with E-state index in [4.69, 9.17) is 4.74 Å². The van der Waals surface area contributed by atoms with Crippen LogP contribution < -0.4 is 0 Å². The number of rotatable bonds is 6. The number of hydrogen-bond acceptors (Lipinski definition) is 2. The molecule has 1 rings (SSSR count). The normalized spacial score (nSPS) is 13.8. The highest BCUT2D eigenvalue weighted by Crippen LogP contribution is 2.24. The summed E-state index contributed by atoms with van der Waals surface area (Å²) in [4.78, 5) is 0. The Balaban J connectivity index is 2.47. The van der Waals surface area contributed by atoms with Gasteiger partial charge in [-0.05, 0) is 28.9 Å². The van der Waals surface area contributed by atoms with Gasteiger partial charge in [0.25, 0.3) is 0 Å². The lowest BCUT2D eigenvalue weighted by Gasteiger charge is -2.20. The summed E-state index contributed by atoms with van der Waals surface area (Å²) in [7, 11) is 0. The van der Waals surface area contributed by atoms with E-state index in [2.05, 4.69) is 46.8 Å². The first kappa shape index (κ1) is 16.2. The summed E-state index contributed by atoms with van der Waals surface area (Å²) in [6, 6.07) is 8.17. The molecule has 0 spiro atoms. The zero-order valence-electron chi connectivity index (χ0n) is 12.9. The zero-order chi connectivity index (χ0) is 14.5. The van der Waals surface area contributed by atoms with Gasteiger partial charge in [0, 0.05) is 6.61 Å². The minimum atomic E-state index is -0.527. The van der Waals surface area contributed by atoms with Crippen molar-refractivity contribution in [1.29, 1.82) is 0 Å². The molecular weight excluding hydrogens is 236 g/mol. The quantitative estimate of drug-likeness (QED) is 0.784. The van der Waals surface area contributed by atoms with Crippen LogP contribution in [0.1, 0.15) is 58.3 Å². The lowest BCUT2D eigenvalue weighted by molar-refractivity contribution is 0.0319. The Morgan fingerprint density at radius 3 is 2.16 bits per heavy atom. The molecule has 0 aliphatic heterocycles. The second-order valence-corrected chi connectivity index (χ2v) is 6.65. The van der Waals surface area contributed by atoms with Crippen molar-refractivity contribution in [2.75, 3.05) is 13.2 Å². The molecule has 0 fully saturated rings. The molecule has 1 atom stereocenters. The summed E-state index contributed by atoms with van der Waals surface area (Å²) >= 11 is 0. The van der Waals surface area contributed by atoms with Gasteiger partial charge in [0.1, 0.15) is 6.10 Å². The molecule has 0 saturated heterocycles. The molecule has 2 nitrogen and oxygen atoms in total. The Hall–Kier alpha value is -0.860. The Morgan fingerprint density at radius 1 is 1.11 bits per heavy atom. The molecule has 0 aromatic heterocycles. The minimum Gasteiger partial charge on any atom is -0.386 e. The van der Waals surface area contributed by atoms with Crippen LogP contribution in [0.5, 0.6) is 0 Å². The third-order valence-electron chi connectivity index (χ3n) is 3.28. The molecule has 0 aliphatic rings. The van der Waals surface area contributed by atoms with Crippen LogP contribution >= 0.6 is 0 Å². The standard InChI is InChI=1S/C17H28O2/c1-13(2)10-11-19-12-16(18)14-6-8-15(9-7-14)17(3,4)5/h6-9,13,16,18H,10-12H2,1-5H3. The highest BCUT2D eigenvalue weighted by atomic mass is 16.5. The van der Waals surface area contributed by atoms with Gasteiger partial charge in [-0.1, -0.05) is 58.9 Å². The van der Waals surface area contributed by atoms with Crippen molar-refractivity contribution in [3.05, 3.63) is 35.4 Å². The van der Waals surface area contributed by atoms with E-state index in [1.165, 1.54) is 5.56 Å². The SMILES string of the molecule is CC(C)CCOCC(O)c1ccc(C(C)(C)C)cc1. The predicted molar refractivity (Wildman–Crippen MR) is 80.4 cm³/mol. The summed E-state index contributed by atoms with van der Waals surface area (Å²) in [6.45, 7) is 12.0. The van der Waals surface area contributed by atoms with Crippen molar-refractivity contribution in [1.82, 2.24) is 0 Å². The fourth-order valence-corrected chi connectivity index (χ4v) is 1.82. The van der Waals surface area contributed by atoms with E-state index in [1.54, 1.807) is 0 Å². The molecule has 19 heavy (non-hydrogen) atoms. The largest absolute Gasteiger partial charge is 0.386 e. The molecule has 0 amide bonds. The van der Waals surface area contributed by atoms with Crippen molar-refractivity contribution in [3.8, 4) is 0 Å².